The fourth-order valence-corrected chi connectivity index (χ4v) is 2.64. The summed E-state index contributed by atoms with van der Waals surface area (Å²) in [5.74, 6) is -0.448. The van der Waals surface area contributed by atoms with Crippen LogP contribution in [0.15, 0.2) is 18.2 Å². The van der Waals surface area contributed by atoms with Gasteiger partial charge in [-0.1, -0.05) is 12.1 Å². The first-order valence-corrected chi connectivity index (χ1v) is 6.68. The van der Waals surface area contributed by atoms with Crippen molar-refractivity contribution >= 4 is 0 Å². The summed E-state index contributed by atoms with van der Waals surface area (Å²) in [5.41, 5.74) is 0.495. The van der Waals surface area contributed by atoms with Crippen LogP contribution in [0.25, 0.3) is 0 Å². The van der Waals surface area contributed by atoms with Crippen LogP contribution >= 0.6 is 0 Å². The summed E-state index contributed by atoms with van der Waals surface area (Å²) in [6.45, 7) is 2.82. The van der Waals surface area contributed by atoms with E-state index >= 15 is 0 Å². The fraction of sp³-hybridized carbons (Fsp3) is 0.571. The minimum Gasteiger partial charge on any atom is -0.493 e. The lowest BCUT2D eigenvalue weighted by atomic mass is 10.00. The van der Waals surface area contributed by atoms with E-state index in [-0.39, 0.29) is 12.2 Å². The van der Waals surface area contributed by atoms with Gasteiger partial charge < -0.3 is 10.1 Å². The third kappa shape index (κ3) is 3.43. The van der Waals surface area contributed by atoms with E-state index in [4.69, 9.17) is 4.74 Å². The van der Waals surface area contributed by atoms with E-state index in [9.17, 15) is 13.2 Å². The van der Waals surface area contributed by atoms with Crippen molar-refractivity contribution < 1.29 is 17.9 Å². The monoisotopic (exact) mass is 288 g/mol. The summed E-state index contributed by atoms with van der Waals surface area (Å²) in [5, 5.41) is 3.18. The third-order valence-corrected chi connectivity index (χ3v) is 3.55. The van der Waals surface area contributed by atoms with Crippen molar-refractivity contribution in [3.05, 3.63) is 29.6 Å². The van der Waals surface area contributed by atoms with Crippen LogP contribution in [0.3, 0.4) is 0 Å². The summed E-state index contributed by atoms with van der Waals surface area (Å²) in [6.07, 6.45) is -2.76. The van der Waals surface area contributed by atoms with Crippen molar-refractivity contribution in [2.45, 2.75) is 18.9 Å². The molecule has 1 aromatic rings. The molecule has 1 atom stereocenters. The van der Waals surface area contributed by atoms with Gasteiger partial charge in [0.1, 0.15) is 0 Å². The molecule has 1 saturated heterocycles. The Labute approximate surface area is 116 Å². The smallest absolute Gasteiger partial charge is 0.240 e. The second-order valence-electron chi connectivity index (χ2n) is 4.79. The van der Waals surface area contributed by atoms with Crippen LogP contribution in [0.1, 0.15) is 18.0 Å². The highest BCUT2D eigenvalue weighted by atomic mass is 19.3. The number of nitrogens with one attached hydrogen (secondary N) is 1. The van der Waals surface area contributed by atoms with Gasteiger partial charge in [-0.3, -0.25) is 4.90 Å². The molecule has 1 heterocycles. The molecule has 0 amide bonds. The van der Waals surface area contributed by atoms with Crippen molar-refractivity contribution in [3.63, 3.8) is 0 Å². The summed E-state index contributed by atoms with van der Waals surface area (Å²) in [6, 6.07) is 3.95. The highest BCUT2D eigenvalue weighted by Gasteiger charge is 2.28. The van der Waals surface area contributed by atoms with E-state index in [1.807, 2.05) is 4.90 Å². The number of piperazine rings is 1. The predicted molar refractivity (Wildman–Crippen MR) is 70.8 cm³/mol. The van der Waals surface area contributed by atoms with E-state index < -0.39 is 18.3 Å². The average molecular weight is 288 g/mol. The van der Waals surface area contributed by atoms with E-state index in [2.05, 4.69) is 5.32 Å². The SMILES string of the molecule is COc1c(F)cccc1[C@H](CC(F)F)N1CCNCC1. The lowest BCUT2D eigenvalue weighted by molar-refractivity contribution is 0.0727. The number of rotatable bonds is 5. The second kappa shape index (κ2) is 6.95. The van der Waals surface area contributed by atoms with Gasteiger partial charge in [0.05, 0.1) is 7.11 Å². The molecule has 1 N–H and O–H groups in total. The van der Waals surface area contributed by atoms with Crippen molar-refractivity contribution in [2.24, 2.45) is 0 Å². The maximum Gasteiger partial charge on any atom is 0.240 e. The first-order chi connectivity index (χ1) is 9.63. The molecule has 0 saturated carbocycles. The Hall–Kier alpha value is -1.27. The van der Waals surface area contributed by atoms with Crippen molar-refractivity contribution in [1.29, 1.82) is 0 Å². The molecule has 6 heteroatoms. The first kappa shape index (κ1) is 15.1. The molecule has 2 rings (SSSR count). The molecule has 0 spiro atoms. The van der Waals surface area contributed by atoms with Crippen molar-refractivity contribution in [2.75, 3.05) is 33.3 Å². The molecule has 3 nitrogen and oxygen atoms in total. The summed E-state index contributed by atoms with van der Waals surface area (Å²) in [4.78, 5) is 1.96. The lowest BCUT2D eigenvalue weighted by Crippen LogP contribution is -2.45. The average Bonchev–Trinajstić information content (AvgIpc) is 2.45. The van der Waals surface area contributed by atoms with Crippen LogP contribution < -0.4 is 10.1 Å². The Morgan fingerprint density at radius 3 is 2.60 bits per heavy atom. The van der Waals surface area contributed by atoms with Crippen LogP contribution in [0, 0.1) is 5.82 Å². The first-order valence-electron chi connectivity index (χ1n) is 6.68. The zero-order valence-electron chi connectivity index (χ0n) is 11.4. The van der Waals surface area contributed by atoms with Crippen LogP contribution in [0.4, 0.5) is 13.2 Å². The largest absolute Gasteiger partial charge is 0.493 e. The maximum atomic E-state index is 13.8. The van der Waals surface area contributed by atoms with Gasteiger partial charge in [-0.2, -0.15) is 0 Å². The topological polar surface area (TPSA) is 24.5 Å². The molecule has 1 fully saturated rings. The molecule has 112 valence electrons. The Balaban J connectivity index is 2.32. The Morgan fingerprint density at radius 2 is 2.00 bits per heavy atom. The Morgan fingerprint density at radius 1 is 1.30 bits per heavy atom. The van der Waals surface area contributed by atoms with Crippen molar-refractivity contribution in [3.8, 4) is 5.75 Å². The van der Waals surface area contributed by atoms with Crippen LogP contribution in [-0.2, 0) is 0 Å². The fourth-order valence-electron chi connectivity index (χ4n) is 2.64. The Kier molecular flexibility index (Phi) is 5.25. The summed E-state index contributed by atoms with van der Waals surface area (Å²) >= 11 is 0. The predicted octanol–water partition coefficient (Wildman–Crippen LogP) is 2.44. The molecule has 0 radical (unpaired) electrons. The molecule has 1 aliphatic rings. The molecule has 0 unspecified atom stereocenters. The highest BCUT2D eigenvalue weighted by Crippen LogP contribution is 2.35. The van der Waals surface area contributed by atoms with Gasteiger partial charge in [0.15, 0.2) is 11.6 Å². The van der Waals surface area contributed by atoms with E-state index in [1.54, 1.807) is 6.07 Å². The van der Waals surface area contributed by atoms with Crippen LogP contribution in [0.5, 0.6) is 5.75 Å². The quantitative estimate of drug-likeness (QED) is 0.900. The van der Waals surface area contributed by atoms with Crippen molar-refractivity contribution in [1.82, 2.24) is 10.2 Å². The van der Waals surface area contributed by atoms with Gasteiger partial charge in [-0.25, -0.2) is 13.2 Å². The zero-order valence-corrected chi connectivity index (χ0v) is 11.4. The van der Waals surface area contributed by atoms with Crippen LogP contribution in [0.2, 0.25) is 0 Å². The summed E-state index contributed by atoms with van der Waals surface area (Å²) < 4.78 is 44.6. The standard InChI is InChI=1S/C14H19F3N2O/c1-20-14-10(3-2-4-11(14)15)12(9-13(16)17)19-7-5-18-6-8-19/h2-4,12-13,18H,5-9H2,1H3/t12-/m0/s1. The van der Waals surface area contributed by atoms with E-state index in [0.29, 0.717) is 18.7 Å². The molecule has 0 bridgehead atoms. The third-order valence-electron chi connectivity index (χ3n) is 3.55. The number of nitrogens with zero attached hydrogens (tertiary/aromatic N) is 1. The molecular formula is C14H19F3N2O. The second-order valence-corrected chi connectivity index (χ2v) is 4.79. The number of alkyl halides is 2. The van der Waals surface area contributed by atoms with E-state index in [1.165, 1.54) is 19.2 Å². The van der Waals surface area contributed by atoms with Gasteiger partial charge in [0.25, 0.3) is 0 Å². The van der Waals surface area contributed by atoms with Crippen LogP contribution in [-0.4, -0.2) is 44.6 Å². The Bertz CT molecular complexity index is 436. The minimum absolute atomic E-state index is 0.0664. The zero-order chi connectivity index (χ0) is 14.5. The number of ether oxygens (including phenoxy) is 1. The lowest BCUT2D eigenvalue weighted by Gasteiger charge is -2.35. The maximum absolute atomic E-state index is 13.8. The molecule has 1 aliphatic heterocycles. The van der Waals surface area contributed by atoms with Gasteiger partial charge in [-0.05, 0) is 6.07 Å². The number of methoxy groups -OCH3 is 1. The minimum atomic E-state index is -2.44. The number of halogens is 3. The molecule has 0 aliphatic carbocycles. The number of hydrogen-bond donors (Lipinski definition) is 1. The molecule has 0 aromatic heterocycles. The van der Waals surface area contributed by atoms with Gasteiger partial charge >= 0.3 is 0 Å². The van der Waals surface area contributed by atoms with Gasteiger partial charge in [0, 0.05) is 44.2 Å². The number of hydrogen-bond acceptors (Lipinski definition) is 3. The van der Waals surface area contributed by atoms with Gasteiger partial charge in [-0.15, -0.1) is 0 Å². The molecule has 1 aromatic carbocycles. The summed E-state index contributed by atoms with van der Waals surface area (Å²) in [7, 11) is 1.36. The van der Waals surface area contributed by atoms with E-state index in [0.717, 1.165) is 13.1 Å². The highest BCUT2D eigenvalue weighted by molar-refractivity contribution is 5.37. The molecule has 20 heavy (non-hydrogen) atoms. The number of para-hydroxylation sites is 1. The number of benzene rings is 1. The normalized spacial score (nSPS) is 18.2. The van der Waals surface area contributed by atoms with Gasteiger partial charge in [0.2, 0.25) is 6.43 Å². The molecular weight excluding hydrogens is 269 g/mol.